The van der Waals surface area contributed by atoms with Crippen LogP contribution in [0.2, 0.25) is 0 Å². The Morgan fingerprint density at radius 2 is 2.09 bits per heavy atom. The highest BCUT2D eigenvalue weighted by Gasteiger charge is 2.15. The Labute approximate surface area is 131 Å². The van der Waals surface area contributed by atoms with Crippen LogP contribution in [0.15, 0.2) is 45.6 Å². The molecule has 0 spiro atoms. The van der Waals surface area contributed by atoms with E-state index in [2.05, 4.69) is 0 Å². The van der Waals surface area contributed by atoms with Crippen molar-refractivity contribution in [1.82, 2.24) is 0 Å². The molecule has 0 radical (unpaired) electrons. The van der Waals surface area contributed by atoms with E-state index in [1.54, 1.807) is 37.3 Å². The number of ether oxygens (including phenoxy) is 1. The van der Waals surface area contributed by atoms with Crippen molar-refractivity contribution in [3.8, 4) is 11.8 Å². The van der Waals surface area contributed by atoms with Gasteiger partial charge in [-0.15, -0.1) is 0 Å². The molecule has 0 bridgehead atoms. The number of nitriles is 1. The number of aromatic carboxylic acids is 1. The molecule has 0 aliphatic heterocycles. The fraction of sp³-hybridized carbons (Fsp3) is 0.118. The number of hydrogen-bond acceptors (Lipinski definition) is 5. The first-order chi connectivity index (χ1) is 11.0. The zero-order chi connectivity index (χ0) is 16.8. The van der Waals surface area contributed by atoms with Gasteiger partial charge in [-0.2, -0.15) is 5.26 Å². The number of carbonyl (C=O) groups is 1. The Morgan fingerprint density at radius 3 is 2.65 bits per heavy atom. The Bertz CT molecular complexity index is 841. The van der Waals surface area contributed by atoms with E-state index >= 15 is 0 Å². The van der Waals surface area contributed by atoms with Gasteiger partial charge in [0.05, 0.1) is 11.6 Å². The van der Waals surface area contributed by atoms with Gasteiger partial charge in [0.1, 0.15) is 6.61 Å². The van der Waals surface area contributed by atoms with Crippen molar-refractivity contribution in [2.45, 2.75) is 13.5 Å². The van der Waals surface area contributed by atoms with Crippen LogP contribution < -0.4 is 10.2 Å². The molecule has 1 N–H and O–H groups in total. The van der Waals surface area contributed by atoms with Gasteiger partial charge in [-0.05, 0) is 30.7 Å². The third kappa shape index (κ3) is 3.86. The first kappa shape index (κ1) is 16.0. The van der Waals surface area contributed by atoms with Gasteiger partial charge in [-0.3, -0.25) is 4.79 Å². The Morgan fingerprint density at radius 1 is 1.39 bits per heavy atom. The van der Waals surface area contributed by atoms with Crippen molar-refractivity contribution in [1.29, 1.82) is 5.26 Å². The molecule has 1 aromatic carbocycles. The number of nitrogens with zero attached hydrogens (tertiary/aromatic N) is 1. The molecule has 1 heterocycles. The molecular formula is C17H13NO5. The highest BCUT2D eigenvalue weighted by molar-refractivity contribution is 5.84. The second-order valence-electron chi connectivity index (χ2n) is 4.57. The molecule has 116 valence electrons. The van der Waals surface area contributed by atoms with Crippen molar-refractivity contribution in [2.24, 2.45) is 0 Å². The lowest BCUT2D eigenvalue weighted by molar-refractivity contribution is 0.0657. The van der Waals surface area contributed by atoms with Gasteiger partial charge in [-0.1, -0.05) is 18.2 Å². The van der Waals surface area contributed by atoms with Gasteiger partial charge in [0, 0.05) is 6.07 Å². The summed E-state index contributed by atoms with van der Waals surface area (Å²) in [6.45, 7) is 1.80. The fourth-order valence-corrected chi connectivity index (χ4v) is 1.84. The SMILES string of the molecule is CC=Cc1oc(C(=O)O)cc(=O)c1OCc1ccc(C#N)cc1. The van der Waals surface area contributed by atoms with Crippen LogP contribution in [-0.2, 0) is 6.61 Å². The molecule has 0 saturated heterocycles. The molecule has 0 fully saturated rings. The molecule has 23 heavy (non-hydrogen) atoms. The van der Waals surface area contributed by atoms with Gasteiger partial charge in [0.2, 0.25) is 16.9 Å². The smallest absolute Gasteiger partial charge is 0.371 e. The maximum Gasteiger partial charge on any atom is 0.371 e. The second kappa shape index (κ2) is 7.09. The normalized spacial score (nSPS) is 10.4. The van der Waals surface area contributed by atoms with Crippen LogP contribution in [0, 0.1) is 11.3 Å². The quantitative estimate of drug-likeness (QED) is 0.911. The molecule has 0 atom stereocenters. The molecule has 0 unspecified atom stereocenters. The van der Waals surface area contributed by atoms with Gasteiger partial charge in [0.25, 0.3) is 0 Å². The van der Waals surface area contributed by atoms with Crippen LogP contribution in [-0.4, -0.2) is 11.1 Å². The summed E-state index contributed by atoms with van der Waals surface area (Å²) < 4.78 is 10.6. The van der Waals surface area contributed by atoms with Crippen molar-refractivity contribution in [3.05, 3.63) is 69.3 Å². The van der Waals surface area contributed by atoms with E-state index in [0.29, 0.717) is 5.56 Å². The van der Waals surface area contributed by atoms with E-state index in [-0.39, 0.29) is 18.1 Å². The lowest BCUT2D eigenvalue weighted by Crippen LogP contribution is -2.12. The lowest BCUT2D eigenvalue weighted by atomic mass is 10.1. The van der Waals surface area contributed by atoms with Gasteiger partial charge < -0.3 is 14.3 Å². The van der Waals surface area contributed by atoms with Crippen molar-refractivity contribution in [2.75, 3.05) is 0 Å². The molecule has 0 saturated carbocycles. The van der Waals surface area contributed by atoms with Crippen LogP contribution in [0.3, 0.4) is 0 Å². The first-order valence-electron chi connectivity index (χ1n) is 6.71. The highest BCUT2D eigenvalue weighted by Crippen LogP contribution is 2.19. The highest BCUT2D eigenvalue weighted by atomic mass is 16.5. The topological polar surface area (TPSA) is 101 Å². The van der Waals surface area contributed by atoms with Crippen LogP contribution in [0.1, 0.15) is 34.4 Å². The number of hydrogen-bond donors (Lipinski definition) is 1. The minimum Gasteiger partial charge on any atom is -0.481 e. The molecule has 6 nitrogen and oxygen atoms in total. The Hall–Kier alpha value is -3.33. The number of carboxylic acids is 1. The maximum atomic E-state index is 12.0. The third-order valence-corrected chi connectivity index (χ3v) is 2.92. The van der Waals surface area contributed by atoms with Crippen molar-refractivity contribution >= 4 is 12.0 Å². The fourth-order valence-electron chi connectivity index (χ4n) is 1.84. The number of allylic oxidation sites excluding steroid dienone is 1. The third-order valence-electron chi connectivity index (χ3n) is 2.92. The van der Waals surface area contributed by atoms with Crippen LogP contribution in [0.25, 0.3) is 6.08 Å². The zero-order valence-electron chi connectivity index (χ0n) is 12.3. The largest absolute Gasteiger partial charge is 0.481 e. The molecule has 1 aromatic heterocycles. The lowest BCUT2D eigenvalue weighted by Gasteiger charge is -2.08. The monoisotopic (exact) mass is 311 g/mol. The molecular weight excluding hydrogens is 298 g/mol. The number of carboxylic acid groups (broad SMARTS) is 1. The second-order valence-corrected chi connectivity index (χ2v) is 4.57. The summed E-state index contributed by atoms with van der Waals surface area (Å²) in [6, 6.07) is 9.59. The molecule has 2 aromatic rings. The van der Waals surface area contributed by atoms with Crippen LogP contribution >= 0.6 is 0 Å². The number of rotatable bonds is 5. The first-order valence-corrected chi connectivity index (χ1v) is 6.71. The van der Waals surface area contributed by atoms with Crippen molar-refractivity contribution in [3.63, 3.8) is 0 Å². The summed E-state index contributed by atoms with van der Waals surface area (Å²) in [6.07, 6.45) is 3.07. The maximum absolute atomic E-state index is 12.0. The summed E-state index contributed by atoms with van der Waals surface area (Å²) in [5.41, 5.74) is 0.709. The molecule has 0 amide bonds. The summed E-state index contributed by atoms with van der Waals surface area (Å²) in [4.78, 5) is 23.0. The Balaban J connectivity index is 2.29. The van der Waals surface area contributed by atoms with E-state index in [0.717, 1.165) is 11.6 Å². The summed E-state index contributed by atoms with van der Waals surface area (Å²) in [5, 5.41) is 17.7. The van der Waals surface area contributed by atoms with E-state index in [4.69, 9.17) is 19.5 Å². The minimum atomic E-state index is -1.33. The van der Waals surface area contributed by atoms with E-state index < -0.39 is 17.2 Å². The van der Waals surface area contributed by atoms with Crippen LogP contribution in [0.5, 0.6) is 5.75 Å². The molecule has 2 rings (SSSR count). The van der Waals surface area contributed by atoms with Crippen molar-refractivity contribution < 1.29 is 19.1 Å². The number of benzene rings is 1. The Kier molecular flexibility index (Phi) is 4.95. The zero-order valence-corrected chi connectivity index (χ0v) is 12.3. The van der Waals surface area contributed by atoms with E-state index in [1.165, 1.54) is 6.08 Å². The molecule has 0 aliphatic carbocycles. The standard InChI is InChI=1S/C17H13NO5/c1-2-3-14-16(13(19)8-15(23-14)17(20)21)22-10-12-6-4-11(9-18)5-7-12/h2-8H,10H2,1H3,(H,20,21). The predicted octanol–water partition coefficient (Wildman–Crippen LogP) is 2.82. The predicted molar refractivity (Wildman–Crippen MR) is 82.1 cm³/mol. The van der Waals surface area contributed by atoms with E-state index in [9.17, 15) is 9.59 Å². The van der Waals surface area contributed by atoms with E-state index in [1.807, 2.05) is 6.07 Å². The summed E-state index contributed by atoms with van der Waals surface area (Å²) >= 11 is 0. The summed E-state index contributed by atoms with van der Waals surface area (Å²) in [5.74, 6) is -1.79. The average Bonchev–Trinajstić information content (AvgIpc) is 2.54. The van der Waals surface area contributed by atoms with Gasteiger partial charge in [-0.25, -0.2) is 4.79 Å². The molecule has 6 heteroatoms. The minimum absolute atomic E-state index is 0.0473. The van der Waals surface area contributed by atoms with Gasteiger partial charge >= 0.3 is 5.97 Å². The van der Waals surface area contributed by atoms with Crippen LogP contribution in [0.4, 0.5) is 0 Å². The summed E-state index contributed by atoms with van der Waals surface area (Å²) in [7, 11) is 0. The van der Waals surface area contributed by atoms with Gasteiger partial charge in [0.15, 0.2) is 5.76 Å². The average molecular weight is 311 g/mol. The molecule has 0 aliphatic rings.